The Labute approximate surface area is 193 Å². The molecule has 32 heavy (non-hydrogen) atoms. The van der Waals surface area contributed by atoms with E-state index in [1.165, 1.54) is 12.1 Å². The number of benzene rings is 2. The SMILES string of the molecule is CC(C)[C@@H](NS(=O)(=O)c1ccc2c(c1)OCCO2)C(=O)N[C@H](c1ccc(Cl)cc1)C1CC1. The molecule has 9 heteroatoms. The molecule has 2 atom stereocenters. The first-order valence-electron chi connectivity index (χ1n) is 10.7. The average molecular weight is 479 g/mol. The van der Waals surface area contributed by atoms with E-state index in [9.17, 15) is 13.2 Å². The Hall–Kier alpha value is -2.29. The van der Waals surface area contributed by atoms with Crippen molar-refractivity contribution in [2.75, 3.05) is 13.2 Å². The van der Waals surface area contributed by atoms with Crippen LogP contribution < -0.4 is 19.5 Å². The summed E-state index contributed by atoms with van der Waals surface area (Å²) in [6.07, 6.45) is 2.03. The Bertz CT molecular complexity index is 1080. The summed E-state index contributed by atoms with van der Waals surface area (Å²) in [5.74, 6) is 0.604. The molecule has 1 heterocycles. The van der Waals surface area contributed by atoms with E-state index in [2.05, 4.69) is 10.0 Å². The van der Waals surface area contributed by atoms with Crippen LogP contribution in [0.5, 0.6) is 11.5 Å². The summed E-state index contributed by atoms with van der Waals surface area (Å²) in [5, 5.41) is 3.69. The fourth-order valence-electron chi connectivity index (χ4n) is 3.73. The fourth-order valence-corrected chi connectivity index (χ4v) is 5.22. The molecule has 0 radical (unpaired) electrons. The maximum Gasteiger partial charge on any atom is 0.241 e. The third-order valence-corrected chi connectivity index (χ3v) is 7.37. The van der Waals surface area contributed by atoms with E-state index in [1.54, 1.807) is 18.2 Å². The summed E-state index contributed by atoms with van der Waals surface area (Å²) in [6, 6.07) is 10.7. The van der Waals surface area contributed by atoms with E-state index in [-0.39, 0.29) is 22.8 Å². The van der Waals surface area contributed by atoms with Crippen LogP contribution >= 0.6 is 11.6 Å². The zero-order valence-electron chi connectivity index (χ0n) is 18.0. The Balaban J connectivity index is 1.52. The minimum absolute atomic E-state index is 0.0247. The van der Waals surface area contributed by atoms with Gasteiger partial charge in [-0.15, -0.1) is 0 Å². The maximum absolute atomic E-state index is 13.2. The minimum Gasteiger partial charge on any atom is -0.486 e. The summed E-state index contributed by atoms with van der Waals surface area (Å²) in [5.41, 5.74) is 0.961. The number of halogens is 1. The standard InChI is InChI=1S/C23H27ClN2O5S/c1-14(2)21(23(27)25-22(15-3-4-15)16-5-7-17(24)8-6-16)26-32(28,29)18-9-10-19-20(13-18)31-12-11-30-19/h5-10,13-15,21-22,26H,3-4,11-12H2,1-2H3,(H,25,27)/t21-,22+/m1/s1. The van der Waals surface area contributed by atoms with Gasteiger partial charge in [0.15, 0.2) is 11.5 Å². The number of hydrogen-bond acceptors (Lipinski definition) is 5. The van der Waals surface area contributed by atoms with Crippen molar-refractivity contribution in [2.24, 2.45) is 11.8 Å². The van der Waals surface area contributed by atoms with Crippen LogP contribution in [-0.4, -0.2) is 33.6 Å². The van der Waals surface area contributed by atoms with Crippen molar-refractivity contribution in [2.45, 2.75) is 43.7 Å². The topological polar surface area (TPSA) is 93.7 Å². The van der Waals surface area contributed by atoms with Crippen LogP contribution in [0.25, 0.3) is 0 Å². The van der Waals surface area contributed by atoms with E-state index in [4.69, 9.17) is 21.1 Å². The summed E-state index contributed by atoms with van der Waals surface area (Å²) in [6.45, 7) is 4.40. The molecule has 2 N–H and O–H groups in total. The van der Waals surface area contributed by atoms with Crippen LogP contribution in [0.3, 0.4) is 0 Å². The van der Waals surface area contributed by atoms with Gasteiger partial charge in [0.25, 0.3) is 0 Å². The minimum atomic E-state index is -3.96. The van der Waals surface area contributed by atoms with Crippen LogP contribution in [-0.2, 0) is 14.8 Å². The lowest BCUT2D eigenvalue weighted by atomic mass is 10.00. The molecule has 1 amide bonds. The summed E-state index contributed by atoms with van der Waals surface area (Å²) in [7, 11) is -3.96. The van der Waals surface area contributed by atoms with Gasteiger partial charge in [0.05, 0.1) is 10.9 Å². The molecule has 1 fully saturated rings. The molecule has 2 aromatic carbocycles. The van der Waals surface area contributed by atoms with Gasteiger partial charge in [-0.1, -0.05) is 37.6 Å². The molecule has 0 bridgehead atoms. The largest absolute Gasteiger partial charge is 0.486 e. The second-order valence-electron chi connectivity index (χ2n) is 8.52. The van der Waals surface area contributed by atoms with E-state index in [0.717, 1.165) is 18.4 Å². The highest BCUT2D eigenvalue weighted by molar-refractivity contribution is 7.89. The first-order valence-corrected chi connectivity index (χ1v) is 12.6. The number of nitrogens with one attached hydrogen (secondary N) is 2. The molecule has 1 saturated carbocycles. The van der Waals surface area contributed by atoms with Crippen LogP contribution in [0.15, 0.2) is 47.4 Å². The van der Waals surface area contributed by atoms with Crippen molar-refractivity contribution in [3.63, 3.8) is 0 Å². The van der Waals surface area contributed by atoms with E-state index in [0.29, 0.717) is 35.7 Å². The second kappa shape index (κ2) is 9.29. The molecule has 0 unspecified atom stereocenters. The molecule has 0 aromatic heterocycles. The number of amides is 1. The van der Waals surface area contributed by atoms with Crippen molar-refractivity contribution in [1.29, 1.82) is 0 Å². The van der Waals surface area contributed by atoms with Crippen molar-refractivity contribution < 1.29 is 22.7 Å². The molecule has 0 saturated heterocycles. The predicted molar refractivity (Wildman–Crippen MR) is 121 cm³/mol. The molecule has 172 valence electrons. The van der Waals surface area contributed by atoms with Gasteiger partial charge in [0, 0.05) is 11.1 Å². The molecule has 1 aliphatic heterocycles. The summed E-state index contributed by atoms with van der Waals surface area (Å²) < 4.78 is 39.7. The number of fused-ring (bicyclic) bond motifs is 1. The highest BCUT2D eigenvalue weighted by atomic mass is 35.5. The lowest BCUT2D eigenvalue weighted by Crippen LogP contribution is -2.50. The number of sulfonamides is 1. The van der Waals surface area contributed by atoms with Gasteiger partial charge in [-0.3, -0.25) is 4.79 Å². The number of carbonyl (C=O) groups excluding carboxylic acids is 1. The molecule has 1 aliphatic carbocycles. The Kier molecular flexibility index (Phi) is 6.65. The smallest absolute Gasteiger partial charge is 0.241 e. The monoisotopic (exact) mass is 478 g/mol. The highest BCUT2D eigenvalue weighted by Gasteiger charge is 2.36. The Morgan fingerprint density at radius 3 is 2.31 bits per heavy atom. The zero-order valence-corrected chi connectivity index (χ0v) is 19.6. The molecule has 2 aliphatic rings. The van der Waals surface area contributed by atoms with Crippen LogP contribution in [0.4, 0.5) is 0 Å². The third kappa shape index (κ3) is 5.19. The van der Waals surface area contributed by atoms with Gasteiger partial charge in [-0.2, -0.15) is 4.72 Å². The van der Waals surface area contributed by atoms with Crippen molar-refractivity contribution in [3.05, 3.63) is 53.1 Å². The van der Waals surface area contributed by atoms with Gasteiger partial charge in [0.2, 0.25) is 15.9 Å². The van der Waals surface area contributed by atoms with E-state index >= 15 is 0 Å². The maximum atomic E-state index is 13.2. The summed E-state index contributed by atoms with van der Waals surface area (Å²) in [4.78, 5) is 13.2. The molecular formula is C23H27ClN2O5S. The van der Waals surface area contributed by atoms with Crippen molar-refractivity contribution in [1.82, 2.24) is 10.0 Å². The Morgan fingerprint density at radius 2 is 1.69 bits per heavy atom. The van der Waals surface area contributed by atoms with Crippen LogP contribution in [0, 0.1) is 11.8 Å². The third-order valence-electron chi connectivity index (χ3n) is 5.68. The molecular weight excluding hydrogens is 452 g/mol. The number of hydrogen-bond donors (Lipinski definition) is 2. The van der Waals surface area contributed by atoms with Crippen molar-refractivity contribution >= 4 is 27.5 Å². The molecule has 2 aromatic rings. The average Bonchev–Trinajstić information content (AvgIpc) is 3.61. The highest BCUT2D eigenvalue weighted by Crippen LogP contribution is 2.41. The first-order chi connectivity index (χ1) is 15.2. The lowest BCUT2D eigenvalue weighted by molar-refractivity contribution is -0.124. The van der Waals surface area contributed by atoms with E-state index < -0.39 is 16.1 Å². The van der Waals surface area contributed by atoms with Gasteiger partial charge >= 0.3 is 0 Å². The number of carbonyl (C=O) groups is 1. The Morgan fingerprint density at radius 1 is 1.03 bits per heavy atom. The summed E-state index contributed by atoms with van der Waals surface area (Å²) >= 11 is 6.00. The number of ether oxygens (including phenoxy) is 2. The van der Waals surface area contributed by atoms with E-state index in [1.807, 2.05) is 26.0 Å². The second-order valence-corrected chi connectivity index (χ2v) is 10.7. The van der Waals surface area contributed by atoms with Crippen LogP contribution in [0.1, 0.15) is 38.3 Å². The van der Waals surface area contributed by atoms with Gasteiger partial charge in [0.1, 0.15) is 19.3 Å². The fraction of sp³-hybridized carbons (Fsp3) is 0.435. The lowest BCUT2D eigenvalue weighted by Gasteiger charge is -2.26. The quantitative estimate of drug-likeness (QED) is 0.603. The number of rotatable bonds is 8. The molecule has 7 nitrogen and oxygen atoms in total. The van der Waals surface area contributed by atoms with Gasteiger partial charge in [-0.05, 0) is 54.5 Å². The molecule has 4 rings (SSSR count). The zero-order chi connectivity index (χ0) is 22.9. The molecule has 0 spiro atoms. The van der Waals surface area contributed by atoms with Crippen molar-refractivity contribution in [3.8, 4) is 11.5 Å². The van der Waals surface area contributed by atoms with Gasteiger partial charge in [-0.25, -0.2) is 8.42 Å². The first kappa shape index (κ1) is 22.9. The normalized spacial score (nSPS) is 17.6. The van der Waals surface area contributed by atoms with Crippen LogP contribution in [0.2, 0.25) is 5.02 Å². The predicted octanol–water partition coefficient (Wildman–Crippen LogP) is 3.68. The van der Waals surface area contributed by atoms with Gasteiger partial charge < -0.3 is 14.8 Å².